The smallest absolute Gasteiger partial charge is 0.462 e. The summed E-state index contributed by atoms with van der Waals surface area (Å²) in [7, 11) is -9.93. The van der Waals surface area contributed by atoms with Crippen LogP contribution in [-0.2, 0) is 65.4 Å². The van der Waals surface area contributed by atoms with Crippen molar-refractivity contribution in [3.8, 4) is 0 Å². The molecule has 105 heavy (non-hydrogen) atoms. The van der Waals surface area contributed by atoms with Gasteiger partial charge in [0.2, 0.25) is 0 Å². The highest BCUT2D eigenvalue weighted by molar-refractivity contribution is 7.47. The van der Waals surface area contributed by atoms with Gasteiger partial charge in [-0.1, -0.05) is 402 Å². The molecule has 0 aliphatic rings. The molecule has 0 bridgehead atoms. The maximum Gasteiger partial charge on any atom is 0.472 e. The van der Waals surface area contributed by atoms with Crippen molar-refractivity contribution in [3.63, 3.8) is 0 Å². The van der Waals surface area contributed by atoms with Crippen LogP contribution in [-0.4, -0.2) is 96.7 Å². The summed E-state index contributed by atoms with van der Waals surface area (Å²) < 4.78 is 68.9. The first-order valence-electron chi connectivity index (χ1n) is 44.3. The number of hydrogen-bond donors (Lipinski definition) is 3. The van der Waals surface area contributed by atoms with Crippen LogP contribution >= 0.6 is 15.6 Å². The van der Waals surface area contributed by atoms with Gasteiger partial charge in [-0.05, 0) is 43.4 Å². The molecule has 0 aromatic carbocycles. The highest BCUT2D eigenvalue weighted by Gasteiger charge is 2.30. The summed E-state index contributed by atoms with van der Waals surface area (Å²) in [5.74, 6) is 0.204. The number of hydrogen-bond acceptors (Lipinski definition) is 15. The lowest BCUT2D eigenvalue weighted by Crippen LogP contribution is -2.30. The van der Waals surface area contributed by atoms with Gasteiger partial charge in [-0.2, -0.15) is 0 Å². The number of aliphatic hydroxyl groups is 1. The first-order chi connectivity index (χ1) is 50.7. The Kier molecular flexibility index (Phi) is 74.7. The monoisotopic (exact) mass is 1540 g/mol. The van der Waals surface area contributed by atoms with Gasteiger partial charge >= 0.3 is 39.5 Å². The van der Waals surface area contributed by atoms with E-state index in [4.69, 9.17) is 37.0 Å². The number of rotatable bonds is 84. The molecule has 0 fully saturated rings. The number of phosphoric ester groups is 2. The maximum atomic E-state index is 13.1. The van der Waals surface area contributed by atoms with Crippen molar-refractivity contribution in [1.29, 1.82) is 0 Å². The molecular weight excluding hydrogens is 1370 g/mol. The third-order valence-corrected chi connectivity index (χ3v) is 22.0. The van der Waals surface area contributed by atoms with E-state index in [1.165, 1.54) is 263 Å². The number of esters is 4. The molecule has 0 amide bonds. The summed E-state index contributed by atoms with van der Waals surface area (Å²) in [6.07, 6.45) is 66.7. The van der Waals surface area contributed by atoms with Crippen LogP contribution in [0, 0.1) is 17.8 Å². The van der Waals surface area contributed by atoms with E-state index in [9.17, 15) is 43.2 Å². The fourth-order valence-electron chi connectivity index (χ4n) is 13.4. The lowest BCUT2D eigenvalue weighted by atomic mass is 10.0. The van der Waals surface area contributed by atoms with E-state index in [0.29, 0.717) is 25.7 Å². The third-order valence-electron chi connectivity index (χ3n) is 20.1. The van der Waals surface area contributed by atoms with Crippen LogP contribution in [0.4, 0.5) is 0 Å². The zero-order chi connectivity index (χ0) is 77.2. The predicted octanol–water partition coefficient (Wildman–Crippen LogP) is 26.1. The van der Waals surface area contributed by atoms with Crippen LogP contribution in [0.3, 0.4) is 0 Å². The van der Waals surface area contributed by atoms with Crippen molar-refractivity contribution in [3.05, 3.63) is 0 Å². The van der Waals surface area contributed by atoms with Crippen molar-refractivity contribution < 1.29 is 80.2 Å². The molecule has 0 saturated heterocycles. The Labute approximate surface area is 645 Å². The molecule has 0 aromatic rings. The van der Waals surface area contributed by atoms with Gasteiger partial charge in [-0.3, -0.25) is 37.3 Å². The van der Waals surface area contributed by atoms with Crippen molar-refractivity contribution >= 4 is 39.5 Å². The van der Waals surface area contributed by atoms with Gasteiger partial charge < -0.3 is 33.8 Å². The average Bonchev–Trinajstić information content (AvgIpc) is 0.916. The van der Waals surface area contributed by atoms with E-state index in [-0.39, 0.29) is 25.7 Å². The lowest BCUT2D eigenvalue weighted by molar-refractivity contribution is -0.161. The molecule has 624 valence electrons. The van der Waals surface area contributed by atoms with Gasteiger partial charge in [0.05, 0.1) is 26.4 Å². The van der Waals surface area contributed by atoms with Crippen LogP contribution in [0.1, 0.15) is 453 Å². The zero-order valence-electron chi connectivity index (χ0n) is 69.2. The Morgan fingerprint density at radius 2 is 0.438 bits per heavy atom. The van der Waals surface area contributed by atoms with Crippen LogP contribution in [0.25, 0.3) is 0 Å². The maximum absolute atomic E-state index is 13.1. The molecule has 0 rings (SSSR count). The van der Waals surface area contributed by atoms with Gasteiger partial charge in [-0.25, -0.2) is 9.13 Å². The second-order valence-corrected chi connectivity index (χ2v) is 35.3. The predicted molar refractivity (Wildman–Crippen MR) is 432 cm³/mol. The quantitative estimate of drug-likeness (QED) is 0.0222. The van der Waals surface area contributed by atoms with Crippen molar-refractivity contribution in [2.24, 2.45) is 17.8 Å². The molecule has 0 heterocycles. The van der Waals surface area contributed by atoms with E-state index in [0.717, 1.165) is 108 Å². The van der Waals surface area contributed by atoms with Crippen molar-refractivity contribution in [2.45, 2.75) is 471 Å². The molecule has 5 atom stereocenters. The summed E-state index contributed by atoms with van der Waals surface area (Å²) in [6.45, 7) is 12.0. The lowest BCUT2D eigenvalue weighted by Gasteiger charge is -2.21. The minimum absolute atomic E-state index is 0.106. The number of unbranched alkanes of at least 4 members (excludes halogenated alkanes) is 52. The molecule has 0 spiro atoms. The third kappa shape index (κ3) is 79.9. The minimum Gasteiger partial charge on any atom is -0.462 e. The van der Waals surface area contributed by atoms with Crippen molar-refractivity contribution in [2.75, 3.05) is 39.6 Å². The normalized spacial score (nSPS) is 13.9. The highest BCUT2D eigenvalue weighted by Crippen LogP contribution is 2.45. The largest absolute Gasteiger partial charge is 0.472 e. The number of carbonyl (C=O) groups is 4. The Balaban J connectivity index is 5.24. The molecule has 17 nitrogen and oxygen atoms in total. The van der Waals surface area contributed by atoms with Crippen LogP contribution in [0.5, 0.6) is 0 Å². The average molecular weight is 1540 g/mol. The molecule has 0 saturated carbocycles. The van der Waals surface area contributed by atoms with E-state index >= 15 is 0 Å². The topological polar surface area (TPSA) is 237 Å². The number of phosphoric acid groups is 2. The summed E-state index contributed by atoms with van der Waals surface area (Å²) in [4.78, 5) is 73.2. The molecular formula is C86H168O17P2. The highest BCUT2D eigenvalue weighted by atomic mass is 31.2. The Morgan fingerprint density at radius 1 is 0.257 bits per heavy atom. The fourth-order valence-corrected chi connectivity index (χ4v) is 14.9. The van der Waals surface area contributed by atoms with Crippen molar-refractivity contribution in [1.82, 2.24) is 0 Å². The molecule has 0 aromatic heterocycles. The van der Waals surface area contributed by atoms with Crippen LogP contribution in [0.2, 0.25) is 0 Å². The first-order valence-corrected chi connectivity index (χ1v) is 47.3. The van der Waals surface area contributed by atoms with Crippen LogP contribution in [0.15, 0.2) is 0 Å². The summed E-state index contributed by atoms with van der Waals surface area (Å²) in [5.41, 5.74) is 0. The SMILES string of the molecule is CCCCCCCCCCCCCCCCCCCCCCCCC(=O)O[C@H](COC(=O)CCCCCCCCCCCCCCCCC(C)C)COP(=O)(O)OC[C@@H](O)COP(=O)(O)OC[C@@H](COC(=O)CCCCCCCCCCCCC(C)C)OC(=O)CCCCCCCCCCCCC(C)C. The second kappa shape index (κ2) is 76.1. The number of aliphatic hydroxyl groups excluding tert-OH is 1. The molecule has 19 heteroatoms. The van der Waals surface area contributed by atoms with Gasteiger partial charge in [0.15, 0.2) is 12.2 Å². The fraction of sp³-hybridized carbons (Fsp3) is 0.953. The number of ether oxygens (including phenoxy) is 4. The Hall–Kier alpha value is -1.94. The zero-order valence-corrected chi connectivity index (χ0v) is 71.0. The Morgan fingerprint density at radius 3 is 0.648 bits per heavy atom. The first kappa shape index (κ1) is 103. The van der Waals surface area contributed by atoms with Gasteiger partial charge in [0.25, 0.3) is 0 Å². The molecule has 0 aliphatic carbocycles. The van der Waals surface area contributed by atoms with Crippen LogP contribution < -0.4 is 0 Å². The van der Waals surface area contributed by atoms with Gasteiger partial charge in [0, 0.05) is 25.7 Å². The van der Waals surface area contributed by atoms with Gasteiger partial charge in [-0.15, -0.1) is 0 Å². The standard InChI is InChI=1S/C86H168O17P2/c1-8-9-10-11-12-13-14-15-16-17-18-19-20-21-22-23-28-31-41-48-55-62-69-85(90)102-81(73-96-83(88)67-60-53-46-39-30-27-25-24-26-29-36-43-50-57-64-77(2)3)75-100-104(92,93)98-71-80(87)72-99-105(94,95)101-76-82(103-86(91)70-63-56-49-42-35-33-38-45-52-59-66-79(6)7)74-97-84(89)68-61-54-47-40-34-32-37-44-51-58-65-78(4)5/h77-82,87H,8-76H2,1-7H3,(H,92,93)(H,94,95)/t80-,81-,82-/m1/s1. The molecule has 0 aliphatic heterocycles. The molecule has 2 unspecified atom stereocenters. The minimum atomic E-state index is -4.97. The Bertz CT molecular complexity index is 2030. The molecule has 3 N–H and O–H groups in total. The van der Waals surface area contributed by atoms with E-state index in [1.54, 1.807) is 0 Å². The summed E-state index contributed by atoms with van der Waals surface area (Å²) in [6, 6.07) is 0. The summed E-state index contributed by atoms with van der Waals surface area (Å²) in [5, 5.41) is 10.7. The van der Waals surface area contributed by atoms with E-state index in [2.05, 4.69) is 48.5 Å². The summed E-state index contributed by atoms with van der Waals surface area (Å²) >= 11 is 0. The second-order valence-electron chi connectivity index (χ2n) is 32.4. The number of carbonyl (C=O) groups excluding carboxylic acids is 4. The molecule has 0 radical (unpaired) electrons. The van der Waals surface area contributed by atoms with E-state index < -0.39 is 97.5 Å². The van der Waals surface area contributed by atoms with Gasteiger partial charge in [0.1, 0.15) is 19.3 Å². The van der Waals surface area contributed by atoms with E-state index in [1.807, 2.05) is 0 Å².